The lowest BCUT2D eigenvalue weighted by Gasteiger charge is -2.33. The molecular formula is C30H58O3. The van der Waals surface area contributed by atoms with Crippen LogP contribution in [0.1, 0.15) is 120 Å². The fraction of sp³-hybridized carbons (Fsp3) is 0.933. The van der Waals surface area contributed by atoms with Crippen LogP contribution in [0.2, 0.25) is 0 Å². The minimum Gasteiger partial charge on any atom is -0.393 e. The van der Waals surface area contributed by atoms with Crippen molar-refractivity contribution in [1.29, 1.82) is 0 Å². The van der Waals surface area contributed by atoms with Crippen molar-refractivity contribution in [2.24, 2.45) is 41.4 Å². The molecule has 3 fully saturated rings. The van der Waals surface area contributed by atoms with Crippen LogP contribution in [0.3, 0.4) is 0 Å². The Morgan fingerprint density at radius 3 is 1.33 bits per heavy atom. The van der Waals surface area contributed by atoms with Gasteiger partial charge in [0.25, 0.3) is 0 Å². The maximum atomic E-state index is 9.71. The van der Waals surface area contributed by atoms with Crippen LogP contribution in [0.5, 0.6) is 0 Å². The van der Waals surface area contributed by atoms with E-state index in [1.165, 1.54) is 43.3 Å². The van der Waals surface area contributed by atoms with Crippen molar-refractivity contribution < 1.29 is 15.3 Å². The lowest BCUT2D eigenvalue weighted by atomic mass is 9.75. The summed E-state index contributed by atoms with van der Waals surface area (Å²) in [5, 5.41) is 29.1. The van der Waals surface area contributed by atoms with E-state index in [0.717, 1.165) is 37.5 Å². The summed E-state index contributed by atoms with van der Waals surface area (Å²) >= 11 is 0. The molecule has 0 aromatic heterocycles. The first-order valence-electron chi connectivity index (χ1n) is 14.0. The standard InChI is InChI=1S/2C10H20O.C10H18O/c3*1-7(2)9-5-4-8(3)6-10(9)11/h2*7-11H,4-6H2,1-3H3;8,10-11H,4-6H2,1-3H3. The summed E-state index contributed by atoms with van der Waals surface area (Å²) in [6.45, 7) is 19.7. The summed E-state index contributed by atoms with van der Waals surface area (Å²) < 4.78 is 0. The van der Waals surface area contributed by atoms with E-state index in [4.69, 9.17) is 0 Å². The van der Waals surface area contributed by atoms with E-state index in [1.54, 1.807) is 0 Å². The van der Waals surface area contributed by atoms with Gasteiger partial charge in [-0.3, -0.25) is 0 Å². The molecular weight excluding hydrogens is 408 g/mol. The minimum atomic E-state index is -0.149. The summed E-state index contributed by atoms with van der Waals surface area (Å²) in [5.74, 6) is 4.60. The predicted octanol–water partition coefficient (Wildman–Crippen LogP) is 7.38. The Labute approximate surface area is 206 Å². The first-order chi connectivity index (χ1) is 15.3. The van der Waals surface area contributed by atoms with Gasteiger partial charge < -0.3 is 15.3 Å². The molecule has 8 unspecified atom stereocenters. The SMILES string of the molecule is CC(C)=C1CCC(C)CC1O.CC1CCC(C(C)C)C(O)C1.CC1CCC(C(C)C)C(O)C1. The largest absolute Gasteiger partial charge is 0.393 e. The molecule has 0 spiro atoms. The van der Waals surface area contributed by atoms with Gasteiger partial charge in [0.15, 0.2) is 0 Å². The van der Waals surface area contributed by atoms with Crippen molar-refractivity contribution in [3.05, 3.63) is 11.1 Å². The average molecular weight is 467 g/mol. The molecule has 33 heavy (non-hydrogen) atoms. The number of aliphatic hydroxyl groups excluding tert-OH is 3. The van der Waals surface area contributed by atoms with E-state index in [-0.39, 0.29) is 18.3 Å². The molecule has 8 atom stereocenters. The van der Waals surface area contributed by atoms with Gasteiger partial charge in [0.05, 0.1) is 18.3 Å². The molecule has 3 aliphatic rings. The zero-order valence-electron chi connectivity index (χ0n) is 23.5. The van der Waals surface area contributed by atoms with Gasteiger partial charge in [-0.05, 0) is 106 Å². The number of hydrogen-bond acceptors (Lipinski definition) is 3. The quantitative estimate of drug-likeness (QED) is 0.372. The second kappa shape index (κ2) is 14.9. The molecule has 0 aromatic carbocycles. The van der Waals surface area contributed by atoms with Gasteiger partial charge in [-0.25, -0.2) is 0 Å². The van der Waals surface area contributed by atoms with Gasteiger partial charge in [-0.1, -0.05) is 66.9 Å². The van der Waals surface area contributed by atoms with Crippen molar-refractivity contribution >= 4 is 0 Å². The highest BCUT2D eigenvalue weighted by atomic mass is 16.3. The number of aliphatic hydroxyl groups is 3. The Hall–Kier alpha value is -0.380. The molecule has 3 heteroatoms. The van der Waals surface area contributed by atoms with E-state index < -0.39 is 0 Å². The van der Waals surface area contributed by atoms with Crippen LogP contribution in [-0.4, -0.2) is 33.6 Å². The highest BCUT2D eigenvalue weighted by Gasteiger charge is 2.29. The molecule has 0 heterocycles. The lowest BCUT2D eigenvalue weighted by Crippen LogP contribution is -2.31. The maximum absolute atomic E-state index is 9.71. The topological polar surface area (TPSA) is 60.7 Å². The molecule has 0 bridgehead atoms. The molecule has 0 aliphatic heterocycles. The Balaban J connectivity index is 0.000000247. The highest BCUT2D eigenvalue weighted by Crippen LogP contribution is 2.34. The van der Waals surface area contributed by atoms with Gasteiger partial charge in [0.2, 0.25) is 0 Å². The fourth-order valence-corrected chi connectivity index (χ4v) is 6.10. The van der Waals surface area contributed by atoms with E-state index >= 15 is 0 Å². The molecule has 0 radical (unpaired) electrons. The second-order valence-electron chi connectivity index (χ2n) is 12.7. The Kier molecular flexibility index (Phi) is 13.8. The normalized spacial score (nSPS) is 37.1. The van der Waals surface area contributed by atoms with Crippen LogP contribution in [0.4, 0.5) is 0 Å². The zero-order chi connectivity index (χ0) is 25.3. The van der Waals surface area contributed by atoms with Gasteiger partial charge in [0.1, 0.15) is 0 Å². The van der Waals surface area contributed by atoms with Crippen LogP contribution in [0, 0.1) is 41.4 Å². The molecule has 3 saturated carbocycles. The molecule has 3 aliphatic carbocycles. The third-order valence-electron chi connectivity index (χ3n) is 8.55. The summed E-state index contributed by atoms with van der Waals surface area (Å²) in [5.41, 5.74) is 2.59. The predicted molar refractivity (Wildman–Crippen MR) is 142 cm³/mol. The Morgan fingerprint density at radius 1 is 0.636 bits per heavy atom. The van der Waals surface area contributed by atoms with E-state index in [9.17, 15) is 15.3 Å². The molecule has 0 saturated heterocycles. The first-order valence-corrected chi connectivity index (χ1v) is 14.0. The molecule has 3 N–H and O–H groups in total. The molecule has 3 rings (SSSR count). The number of rotatable bonds is 2. The molecule has 0 amide bonds. The second-order valence-corrected chi connectivity index (χ2v) is 12.7. The van der Waals surface area contributed by atoms with Crippen LogP contribution < -0.4 is 0 Å². The van der Waals surface area contributed by atoms with Crippen molar-refractivity contribution in [3.63, 3.8) is 0 Å². The molecule has 196 valence electrons. The van der Waals surface area contributed by atoms with Gasteiger partial charge in [-0.2, -0.15) is 0 Å². The Bertz CT molecular complexity index is 533. The van der Waals surface area contributed by atoms with E-state index in [1.807, 2.05) is 0 Å². The van der Waals surface area contributed by atoms with Crippen molar-refractivity contribution in [1.82, 2.24) is 0 Å². The van der Waals surface area contributed by atoms with Crippen LogP contribution in [-0.2, 0) is 0 Å². The summed E-state index contributed by atoms with van der Waals surface area (Å²) in [6.07, 6.45) is 10.2. The first kappa shape index (κ1) is 30.7. The van der Waals surface area contributed by atoms with Crippen LogP contribution in [0.25, 0.3) is 0 Å². The zero-order valence-corrected chi connectivity index (χ0v) is 23.5. The summed E-state index contributed by atoms with van der Waals surface area (Å²) in [7, 11) is 0. The van der Waals surface area contributed by atoms with Gasteiger partial charge >= 0.3 is 0 Å². The molecule has 0 aromatic rings. The van der Waals surface area contributed by atoms with Crippen molar-refractivity contribution in [2.45, 2.75) is 138 Å². The third-order valence-corrected chi connectivity index (χ3v) is 8.55. The van der Waals surface area contributed by atoms with Crippen molar-refractivity contribution in [3.8, 4) is 0 Å². The monoisotopic (exact) mass is 466 g/mol. The van der Waals surface area contributed by atoms with Crippen LogP contribution >= 0.6 is 0 Å². The van der Waals surface area contributed by atoms with Crippen LogP contribution in [0.15, 0.2) is 11.1 Å². The fourth-order valence-electron chi connectivity index (χ4n) is 6.10. The van der Waals surface area contributed by atoms with E-state index in [2.05, 4.69) is 62.3 Å². The van der Waals surface area contributed by atoms with E-state index in [0.29, 0.717) is 29.6 Å². The number of hydrogen-bond donors (Lipinski definition) is 3. The van der Waals surface area contributed by atoms with Gasteiger partial charge in [0, 0.05) is 0 Å². The highest BCUT2D eigenvalue weighted by molar-refractivity contribution is 5.16. The smallest absolute Gasteiger partial charge is 0.0755 e. The lowest BCUT2D eigenvalue weighted by molar-refractivity contribution is 0.0263. The maximum Gasteiger partial charge on any atom is 0.0755 e. The average Bonchev–Trinajstić information content (AvgIpc) is 2.68. The van der Waals surface area contributed by atoms with Gasteiger partial charge in [-0.15, -0.1) is 0 Å². The Morgan fingerprint density at radius 2 is 1.03 bits per heavy atom. The summed E-state index contributed by atoms with van der Waals surface area (Å²) in [4.78, 5) is 0. The van der Waals surface area contributed by atoms with Crippen molar-refractivity contribution in [2.75, 3.05) is 0 Å². The molecule has 3 nitrogen and oxygen atoms in total. The minimum absolute atomic E-state index is 0.0289. The number of allylic oxidation sites excluding steroid dienone is 1. The summed E-state index contributed by atoms with van der Waals surface area (Å²) in [6, 6.07) is 0. The third kappa shape index (κ3) is 10.8.